The van der Waals surface area contributed by atoms with Gasteiger partial charge in [-0.25, -0.2) is 0 Å². The van der Waals surface area contributed by atoms with Gasteiger partial charge in [-0.05, 0) is 36.5 Å². The standard InChI is InChI=1S/C29H34N4O3/c34-27-20-32(14-6-13-31-15-17-36-18-16-31)29(35)26-19-23-22-9-4-5-10-24(22)30-28(23)25(33(26)27)12-11-21-7-2-1-3-8-21/h1-5,7-10,25-26,30H,6,11-20H2. The third kappa shape index (κ3) is 4.42. The van der Waals surface area contributed by atoms with E-state index < -0.39 is 6.04 Å². The van der Waals surface area contributed by atoms with Crippen molar-refractivity contribution in [2.24, 2.45) is 0 Å². The summed E-state index contributed by atoms with van der Waals surface area (Å²) in [5, 5.41) is 1.17. The average Bonchev–Trinajstić information content (AvgIpc) is 3.29. The molecule has 2 saturated heterocycles. The van der Waals surface area contributed by atoms with Crippen molar-refractivity contribution in [3.05, 3.63) is 71.4 Å². The van der Waals surface area contributed by atoms with E-state index in [1.165, 1.54) is 16.5 Å². The Labute approximate surface area is 212 Å². The van der Waals surface area contributed by atoms with E-state index in [2.05, 4.69) is 46.3 Å². The van der Waals surface area contributed by atoms with Gasteiger partial charge in [0.05, 0.1) is 25.8 Å². The lowest BCUT2D eigenvalue weighted by Crippen LogP contribution is -2.63. The molecule has 0 spiro atoms. The summed E-state index contributed by atoms with van der Waals surface area (Å²) in [4.78, 5) is 37.1. The average molecular weight is 487 g/mol. The highest BCUT2D eigenvalue weighted by atomic mass is 16.5. The number of hydrogen-bond donors (Lipinski definition) is 1. The molecule has 0 bridgehead atoms. The molecule has 2 fully saturated rings. The van der Waals surface area contributed by atoms with Gasteiger partial charge in [0.1, 0.15) is 6.04 Å². The molecule has 2 atom stereocenters. The maximum atomic E-state index is 13.8. The molecule has 0 radical (unpaired) electrons. The minimum atomic E-state index is -0.429. The number of piperazine rings is 1. The molecule has 0 aliphatic carbocycles. The zero-order valence-electron chi connectivity index (χ0n) is 20.7. The zero-order chi connectivity index (χ0) is 24.5. The monoisotopic (exact) mass is 486 g/mol. The Morgan fingerprint density at radius 1 is 0.944 bits per heavy atom. The Kier molecular flexibility index (Phi) is 6.50. The lowest BCUT2D eigenvalue weighted by Gasteiger charge is -2.47. The van der Waals surface area contributed by atoms with Crippen molar-refractivity contribution in [1.82, 2.24) is 19.7 Å². The van der Waals surface area contributed by atoms with Crippen LogP contribution in [0, 0.1) is 0 Å². The van der Waals surface area contributed by atoms with Crippen LogP contribution in [-0.2, 0) is 27.2 Å². The first-order valence-corrected chi connectivity index (χ1v) is 13.2. The van der Waals surface area contributed by atoms with Crippen LogP contribution in [0.1, 0.15) is 35.7 Å². The van der Waals surface area contributed by atoms with Gasteiger partial charge in [-0.3, -0.25) is 14.5 Å². The van der Waals surface area contributed by atoms with E-state index in [1.807, 2.05) is 23.1 Å². The van der Waals surface area contributed by atoms with Crippen LogP contribution >= 0.6 is 0 Å². The van der Waals surface area contributed by atoms with E-state index in [-0.39, 0.29) is 24.4 Å². The van der Waals surface area contributed by atoms with Crippen LogP contribution < -0.4 is 0 Å². The predicted molar refractivity (Wildman–Crippen MR) is 139 cm³/mol. The maximum absolute atomic E-state index is 13.8. The number of aromatic amines is 1. The first-order valence-electron chi connectivity index (χ1n) is 13.2. The number of para-hydroxylation sites is 1. The van der Waals surface area contributed by atoms with Crippen molar-refractivity contribution in [2.75, 3.05) is 45.9 Å². The Morgan fingerprint density at radius 2 is 1.72 bits per heavy atom. The lowest BCUT2D eigenvalue weighted by atomic mass is 9.86. The minimum absolute atomic E-state index is 0.0633. The molecule has 3 aliphatic rings. The molecule has 1 aromatic heterocycles. The van der Waals surface area contributed by atoms with Gasteiger partial charge in [-0.2, -0.15) is 0 Å². The van der Waals surface area contributed by atoms with Gasteiger partial charge in [0.2, 0.25) is 11.8 Å². The van der Waals surface area contributed by atoms with Crippen LogP contribution in [0.3, 0.4) is 0 Å². The van der Waals surface area contributed by atoms with E-state index in [9.17, 15) is 9.59 Å². The number of morpholine rings is 1. The highest BCUT2D eigenvalue weighted by Crippen LogP contribution is 2.41. The third-order valence-electron chi connectivity index (χ3n) is 8.02. The second-order valence-corrected chi connectivity index (χ2v) is 10.2. The zero-order valence-corrected chi connectivity index (χ0v) is 20.7. The number of aromatic nitrogens is 1. The van der Waals surface area contributed by atoms with Crippen molar-refractivity contribution >= 4 is 22.7 Å². The largest absolute Gasteiger partial charge is 0.379 e. The number of carbonyl (C=O) groups is 2. The highest BCUT2D eigenvalue weighted by molar-refractivity contribution is 5.97. The Bertz CT molecular complexity index is 1230. The molecule has 36 heavy (non-hydrogen) atoms. The number of H-pyrrole nitrogens is 1. The Balaban J connectivity index is 1.25. The number of nitrogens with one attached hydrogen (secondary N) is 1. The molecule has 2 amide bonds. The van der Waals surface area contributed by atoms with E-state index in [0.717, 1.165) is 63.3 Å². The van der Waals surface area contributed by atoms with Crippen LogP contribution in [0.15, 0.2) is 54.6 Å². The molecule has 0 saturated carbocycles. The van der Waals surface area contributed by atoms with Gasteiger partial charge in [0.15, 0.2) is 0 Å². The lowest BCUT2D eigenvalue weighted by molar-refractivity contribution is -0.160. The van der Waals surface area contributed by atoms with Crippen molar-refractivity contribution < 1.29 is 14.3 Å². The van der Waals surface area contributed by atoms with Crippen LogP contribution in [0.4, 0.5) is 0 Å². The fourth-order valence-corrected chi connectivity index (χ4v) is 6.19. The van der Waals surface area contributed by atoms with Crippen LogP contribution in [-0.4, -0.2) is 83.5 Å². The second-order valence-electron chi connectivity index (χ2n) is 10.2. The van der Waals surface area contributed by atoms with E-state index >= 15 is 0 Å². The molecule has 1 N–H and O–H groups in total. The molecule has 2 aromatic carbocycles. The maximum Gasteiger partial charge on any atom is 0.246 e. The number of nitrogens with zero attached hydrogens (tertiary/aromatic N) is 3. The molecule has 2 unspecified atom stereocenters. The fourth-order valence-electron chi connectivity index (χ4n) is 6.19. The van der Waals surface area contributed by atoms with Crippen molar-refractivity contribution in [2.45, 2.75) is 37.8 Å². The summed E-state index contributed by atoms with van der Waals surface area (Å²) in [6, 6.07) is 18.1. The third-order valence-corrected chi connectivity index (χ3v) is 8.02. The number of amides is 2. The van der Waals surface area contributed by atoms with Gasteiger partial charge in [0.25, 0.3) is 0 Å². The molecule has 3 aromatic rings. The molecular formula is C29H34N4O3. The van der Waals surface area contributed by atoms with E-state index in [1.54, 1.807) is 4.90 Å². The number of carbonyl (C=O) groups excluding carboxylic acids is 2. The molecule has 6 rings (SSSR count). The summed E-state index contributed by atoms with van der Waals surface area (Å²) in [5.41, 5.74) is 4.62. The molecular weight excluding hydrogens is 452 g/mol. The van der Waals surface area contributed by atoms with Gasteiger partial charge in [-0.1, -0.05) is 48.5 Å². The molecule has 188 valence electrons. The molecule has 7 nitrogen and oxygen atoms in total. The van der Waals surface area contributed by atoms with Crippen molar-refractivity contribution in [3.8, 4) is 0 Å². The summed E-state index contributed by atoms with van der Waals surface area (Å²) < 4.78 is 5.44. The van der Waals surface area contributed by atoms with Crippen molar-refractivity contribution in [1.29, 1.82) is 0 Å². The van der Waals surface area contributed by atoms with E-state index in [4.69, 9.17) is 4.74 Å². The van der Waals surface area contributed by atoms with Crippen LogP contribution in [0.25, 0.3) is 10.9 Å². The summed E-state index contributed by atoms with van der Waals surface area (Å²) in [7, 11) is 0. The first kappa shape index (κ1) is 23.3. The quantitative estimate of drug-likeness (QED) is 0.557. The second kappa shape index (κ2) is 10.1. The molecule has 7 heteroatoms. The van der Waals surface area contributed by atoms with Gasteiger partial charge < -0.3 is 19.5 Å². The SMILES string of the molecule is O=C1C2Cc3c([nH]c4ccccc34)C(CCc3ccccc3)N2C(=O)CN1CCCN1CCOCC1. The molecule has 3 aliphatic heterocycles. The summed E-state index contributed by atoms with van der Waals surface area (Å²) in [6.07, 6.45) is 3.10. The predicted octanol–water partition coefficient (Wildman–Crippen LogP) is 3.16. The summed E-state index contributed by atoms with van der Waals surface area (Å²) in [5.74, 6) is 0.158. The van der Waals surface area contributed by atoms with Crippen molar-refractivity contribution in [3.63, 3.8) is 0 Å². The van der Waals surface area contributed by atoms with Gasteiger partial charge in [-0.15, -0.1) is 0 Å². The van der Waals surface area contributed by atoms with Gasteiger partial charge in [0, 0.05) is 49.2 Å². The molecule has 4 heterocycles. The number of fused-ring (bicyclic) bond motifs is 4. The normalized spacial score (nSPS) is 22.7. The number of aryl methyl sites for hydroxylation is 1. The number of rotatable bonds is 7. The minimum Gasteiger partial charge on any atom is -0.379 e. The van der Waals surface area contributed by atoms with Gasteiger partial charge >= 0.3 is 0 Å². The fraction of sp³-hybridized carbons (Fsp3) is 0.448. The summed E-state index contributed by atoms with van der Waals surface area (Å²) in [6.45, 7) is 5.16. The Hall–Kier alpha value is -3.16. The smallest absolute Gasteiger partial charge is 0.246 e. The number of ether oxygens (including phenoxy) is 1. The van der Waals surface area contributed by atoms with Crippen LogP contribution in [0.2, 0.25) is 0 Å². The summed E-state index contributed by atoms with van der Waals surface area (Å²) >= 11 is 0. The first-order chi connectivity index (χ1) is 17.7. The van der Waals surface area contributed by atoms with E-state index in [0.29, 0.717) is 13.0 Å². The Morgan fingerprint density at radius 3 is 2.56 bits per heavy atom. The van der Waals surface area contributed by atoms with Crippen LogP contribution in [0.5, 0.6) is 0 Å². The topological polar surface area (TPSA) is 68.9 Å². The number of hydrogen-bond acceptors (Lipinski definition) is 4. The number of benzene rings is 2. The highest BCUT2D eigenvalue weighted by Gasteiger charge is 2.47.